The summed E-state index contributed by atoms with van der Waals surface area (Å²) < 4.78 is 27.2. The Balaban J connectivity index is -0.000000216. The van der Waals surface area contributed by atoms with Crippen molar-refractivity contribution < 1.29 is 72.7 Å². The number of hydrogen-bond donors (Lipinski definition) is 9. The van der Waals surface area contributed by atoms with Crippen LogP contribution in [0.3, 0.4) is 0 Å². The second-order valence-corrected chi connectivity index (χ2v) is 9.54. The Morgan fingerprint density at radius 3 is 0.976 bits per heavy atom. The Labute approximate surface area is 258 Å². The highest BCUT2D eigenvalue weighted by Gasteiger charge is 2.18. The summed E-state index contributed by atoms with van der Waals surface area (Å²) in [4.78, 5) is 54.4. The van der Waals surface area contributed by atoms with Gasteiger partial charge in [-0.15, -0.1) is 0 Å². The van der Waals surface area contributed by atoms with Crippen molar-refractivity contribution in [3.05, 3.63) is 25.1 Å². The summed E-state index contributed by atoms with van der Waals surface area (Å²) in [5.41, 5.74) is 9.81. The van der Waals surface area contributed by atoms with E-state index in [0.29, 0.717) is 13.1 Å². The molecule has 2 atom stereocenters. The van der Waals surface area contributed by atoms with Crippen LogP contribution in [0, 0.1) is 0 Å². The number of rotatable bonds is 11. The molecule has 17 nitrogen and oxygen atoms in total. The zero-order valence-electron chi connectivity index (χ0n) is 20.4. The molecule has 0 fully saturated rings. The molecular weight excluding hydrogens is 711 g/mol. The minimum absolute atomic E-state index is 0.00904. The molecule has 240 valence electrons. The largest absolute Gasteiger partial charge is 0.505 e. The Morgan fingerprint density at radius 2 is 0.805 bits per heavy atom. The van der Waals surface area contributed by atoms with Crippen LogP contribution in [0.25, 0.3) is 0 Å². The van der Waals surface area contributed by atoms with Gasteiger partial charge in [0.05, 0.1) is 40.8 Å². The van der Waals surface area contributed by atoms with Crippen molar-refractivity contribution in [3.8, 4) is 5.75 Å². The van der Waals surface area contributed by atoms with Crippen molar-refractivity contribution in [1.29, 1.82) is 0 Å². The summed E-state index contributed by atoms with van der Waals surface area (Å²) in [5.74, 6) is -4.67. The molecule has 0 bridgehead atoms. The first-order valence-electron chi connectivity index (χ1n) is 9.95. The molecule has 1 aromatic rings. The maximum absolute atomic E-state index is 9.69. The van der Waals surface area contributed by atoms with Crippen LogP contribution in [-0.4, -0.2) is 79.1 Å². The van der Waals surface area contributed by atoms with Crippen LogP contribution >= 0.6 is 74.5 Å². The van der Waals surface area contributed by atoms with Crippen LogP contribution in [0.15, 0.2) is 0 Å². The first-order valence-corrected chi connectivity index (χ1v) is 14.4. The number of phenolic OH excluding ortho intramolecular Hbond substituents is 1. The third-order valence-electron chi connectivity index (χ3n) is 2.82. The molecule has 41 heavy (non-hydrogen) atoms. The zero-order chi connectivity index (χ0) is 33.3. The van der Waals surface area contributed by atoms with E-state index in [1.54, 1.807) is 0 Å². The van der Waals surface area contributed by atoms with Gasteiger partial charge in [0.2, 0.25) is 0 Å². The highest BCUT2D eigenvalue weighted by molar-refractivity contribution is 7.32. The molecule has 0 amide bonds. The average molecular weight is 739 g/mol. The van der Waals surface area contributed by atoms with Gasteiger partial charge in [0.25, 0.3) is 0 Å². The number of carboxylic acid groups (broad SMARTS) is 4. The van der Waals surface area contributed by atoms with E-state index in [-0.39, 0.29) is 56.5 Å². The summed E-state index contributed by atoms with van der Waals surface area (Å²) in [7, 11) is -6.08. The van der Waals surface area contributed by atoms with Crippen molar-refractivity contribution in [3.63, 3.8) is 0 Å². The molecule has 24 heteroatoms. The lowest BCUT2D eigenvalue weighted by Crippen LogP contribution is -2.11. The summed E-state index contributed by atoms with van der Waals surface area (Å²) in [6.07, 6.45) is -1.19. The van der Waals surface area contributed by atoms with Crippen LogP contribution in [0.2, 0.25) is 25.1 Å². The first kappa shape index (κ1) is 46.5. The maximum Gasteiger partial charge on any atom is 0.318 e. The van der Waals surface area contributed by atoms with E-state index in [0.717, 1.165) is 0 Å². The van der Waals surface area contributed by atoms with Crippen molar-refractivity contribution in [2.24, 2.45) is 11.5 Å². The highest BCUT2D eigenvalue weighted by atomic mass is 35.5. The molecule has 0 radical (unpaired) electrons. The molecule has 1 rings (SSSR count). The van der Waals surface area contributed by atoms with Gasteiger partial charge in [0.1, 0.15) is 10.0 Å². The van der Waals surface area contributed by atoms with Crippen LogP contribution in [-0.2, 0) is 37.4 Å². The summed E-state index contributed by atoms with van der Waals surface area (Å²) >= 11 is 27.9. The topological polar surface area (TPSA) is 315 Å². The number of carbonyl (C=O) groups is 4. The number of aromatic hydroxyl groups is 1. The fraction of sp³-hybridized carbons (Fsp3) is 0.412. The molecule has 1 aromatic carbocycles. The number of halogens is 5. The SMILES string of the molecule is NCCN.O=C(O)CCC(=O)O.O=C(O)CCC(=O)O.O=[PH](O)OCO[PH](=O)O.Oc1c(Cl)c(Cl)c(Cl)c(Cl)c1Cl. The quantitative estimate of drug-likeness (QED) is 0.0681. The monoisotopic (exact) mass is 736 g/mol. The van der Waals surface area contributed by atoms with Gasteiger partial charge in [-0.25, -0.2) is 0 Å². The van der Waals surface area contributed by atoms with Gasteiger partial charge in [-0.05, 0) is 0 Å². The Hall–Kier alpha value is -1.43. The highest BCUT2D eigenvalue weighted by Crippen LogP contribution is 2.47. The van der Waals surface area contributed by atoms with E-state index in [1.165, 1.54) is 0 Å². The fourth-order valence-corrected chi connectivity index (χ4v) is 2.72. The summed E-state index contributed by atoms with van der Waals surface area (Å²) in [6.45, 7) is 0.572. The van der Waals surface area contributed by atoms with Crippen molar-refractivity contribution >= 4 is 98.4 Å². The molecule has 0 aromatic heterocycles. The predicted octanol–water partition coefficient (Wildman–Crippen LogP) is 3.18. The predicted molar refractivity (Wildman–Crippen MR) is 150 cm³/mol. The van der Waals surface area contributed by atoms with Gasteiger partial charge in [0.15, 0.2) is 12.5 Å². The third-order valence-corrected chi connectivity index (χ3v) is 5.81. The Kier molecular flexibility index (Phi) is 32.5. The molecule has 0 saturated heterocycles. The van der Waals surface area contributed by atoms with Gasteiger partial charge in [-0.1, -0.05) is 58.0 Å². The molecule has 11 N–H and O–H groups in total. The van der Waals surface area contributed by atoms with E-state index in [1.807, 2.05) is 0 Å². The molecule has 0 aliphatic heterocycles. The molecule has 0 saturated carbocycles. The lowest BCUT2D eigenvalue weighted by atomic mass is 10.3. The van der Waals surface area contributed by atoms with E-state index < -0.39 is 47.2 Å². The number of phenols is 1. The van der Waals surface area contributed by atoms with E-state index in [2.05, 4.69) is 9.05 Å². The van der Waals surface area contributed by atoms with Gasteiger partial charge in [-0.3, -0.25) is 37.4 Å². The minimum Gasteiger partial charge on any atom is -0.505 e. The standard InChI is InChI=1S/C6HCl5O.2C4H6O4.C2H8N2.CH6O6P2/c7-1-2(8)4(10)6(12)5(11)3(1)9;2*5-3(6)1-2-4(7)8;3-1-2-4;2-8(3)6-1-7-9(4)5/h12H;2*1-2H2,(H,5,6)(H,7,8);1-4H2;8-9H,1H2,(H,2,3)(H,4,5). The van der Waals surface area contributed by atoms with E-state index in [4.69, 9.17) is 99.7 Å². The smallest absolute Gasteiger partial charge is 0.318 e. The average Bonchev–Trinajstić information content (AvgIpc) is 2.88. The molecule has 0 aliphatic rings. The lowest BCUT2D eigenvalue weighted by molar-refractivity contribution is -0.143. The molecule has 2 unspecified atom stereocenters. The van der Waals surface area contributed by atoms with E-state index >= 15 is 0 Å². The summed E-state index contributed by atoms with van der Waals surface area (Å²) in [5, 5.41) is 40.6. The second kappa shape index (κ2) is 28.7. The maximum atomic E-state index is 9.69. The van der Waals surface area contributed by atoms with E-state index in [9.17, 15) is 33.4 Å². The fourth-order valence-electron chi connectivity index (χ4n) is 1.15. The Bertz CT molecular complexity index is 844. The molecular formula is C17H27Cl5N2O15P2. The number of aliphatic carboxylic acids is 4. The molecule has 0 aliphatic carbocycles. The second-order valence-electron chi connectivity index (χ2n) is 6.01. The van der Waals surface area contributed by atoms with Crippen LogP contribution in [0.5, 0.6) is 5.75 Å². The van der Waals surface area contributed by atoms with Crippen LogP contribution < -0.4 is 11.5 Å². The van der Waals surface area contributed by atoms with Crippen LogP contribution in [0.1, 0.15) is 25.7 Å². The van der Waals surface area contributed by atoms with Crippen molar-refractivity contribution in [2.75, 3.05) is 19.9 Å². The minimum atomic E-state index is -3.04. The van der Waals surface area contributed by atoms with Gasteiger partial charge >= 0.3 is 40.4 Å². The molecule has 0 spiro atoms. The molecule has 0 heterocycles. The first-order chi connectivity index (χ1) is 18.8. The van der Waals surface area contributed by atoms with Gasteiger partial charge in [0, 0.05) is 13.1 Å². The van der Waals surface area contributed by atoms with Crippen LogP contribution in [0.4, 0.5) is 0 Å². The Morgan fingerprint density at radius 1 is 0.585 bits per heavy atom. The van der Waals surface area contributed by atoms with Crippen molar-refractivity contribution in [2.45, 2.75) is 25.7 Å². The van der Waals surface area contributed by atoms with Crippen molar-refractivity contribution in [1.82, 2.24) is 0 Å². The lowest BCUT2D eigenvalue weighted by Gasteiger charge is -2.06. The number of hydrogen-bond acceptors (Lipinski definition) is 11. The van der Waals surface area contributed by atoms with Gasteiger partial charge in [-0.2, -0.15) is 0 Å². The number of carboxylic acids is 4. The number of nitrogens with two attached hydrogens (primary N) is 2. The zero-order valence-corrected chi connectivity index (χ0v) is 26.2. The van der Waals surface area contributed by atoms with Gasteiger partial charge < -0.3 is 46.8 Å². The normalized spacial score (nSPS) is 10.9. The number of benzene rings is 1. The summed E-state index contributed by atoms with van der Waals surface area (Å²) in [6, 6.07) is 0. The third kappa shape index (κ3) is 32.9.